The van der Waals surface area contributed by atoms with Gasteiger partial charge in [0.05, 0.1) is 12.1 Å². The minimum Gasteiger partial charge on any atom is -0.368 e. The predicted molar refractivity (Wildman–Crippen MR) is 108 cm³/mol. The first-order valence-electron chi connectivity index (χ1n) is 10.9. The molecule has 4 atom stereocenters. The maximum absolute atomic E-state index is 13.4. The van der Waals surface area contributed by atoms with Gasteiger partial charge in [-0.1, -0.05) is 43.2 Å². The van der Waals surface area contributed by atoms with Gasteiger partial charge in [-0.25, -0.2) is 0 Å². The predicted octanol–water partition coefficient (Wildman–Crippen LogP) is 3.34. The monoisotopic (exact) mass is 384 g/mol. The van der Waals surface area contributed by atoms with Crippen LogP contribution >= 0.6 is 0 Å². The van der Waals surface area contributed by atoms with Crippen molar-refractivity contribution in [2.45, 2.75) is 76.0 Å². The van der Waals surface area contributed by atoms with Crippen molar-refractivity contribution in [2.24, 2.45) is 0 Å². The van der Waals surface area contributed by atoms with Gasteiger partial charge in [0.25, 0.3) is 5.91 Å². The number of hydrogen-bond acceptors (Lipinski definition) is 3. The van der Waals surface area contributed by atoms with Crippen LogP contribution in [0.2, 0.25) is 0 Å². The number of benzene rings is 1. The average Bonchev–Trinajstić information content (AvgIpc) is 3.06. The van der Waals surface area contributed by atoms with Gasteiger partial charge < -0.3 is 14.5 Å². The number of carbonyl (C=O) groups is 2. The van der Waals surface area contributed by atoms with E-state index in [1.165, 1.54) is 5.56 Å². The second-order valence-corrected chi connectivity index (χ2v) is 8.48. The fraction of sp³-hybridized carbons (Fsp3) is 0.652. The number of amides is 2. The summed E-state index contributed by atoms with van der Waals surface area (Å²) in [5, 5.41) is 0. The molecule has 0 bridgehead atoms. The van der Waals surface area contributed by atoms with E-state index in [1.54, 1.807) is 6.92 Å². The Balaban J connectivity index is 1.68. The van der Waals surface area contributed by atoms with Gasteiger partial charge in [0.2, 0.25) is 5.91 Å². The van der Waals surface area contributed by atoms with E-state index in [9.17, 15) is 9.59 Å². The zero-order valence-electron chi connectivity index (χ0n) is 16.9. The summed E-state index contributed by atoms with van der Waals surface area (Å²) in [6.07, 6.45) is 6.86. The third-order valence-electron chi connectivity index (χ3n) is 6.73. The molecule has 0 spiro atoms. The lowest BCUT2D eigenvalue weighted by atomic mass is 9.87. The number of rotatable bonds is 2. The van der Waals surface area contributed by atoms with Crippen molar-refractivity contribution >= 4 is 11.8 Å². The van der Waals surface area contributed by atoms with E-state index in [1.807, 2.05) is 6.07 Å². The second-order valence-electron chi connectivity index (χ2n) is 8.48. The highest BCUT2D eigenvalue weighted by atomic mass is 16.5. The van der Waals surface area contributed by atoms with Crippen molar-refractivity contribution in [1.29, 1.82) is 0 Å². The summed E-state index contributed by atoms with van der Waals surface area (Å²) in [7, 11) is 0. The molecule has 152 valence electrons. The Hall–Kier alpha value is -1.88. The highest BCUT2D eigenvalue weighted by molar-refractivity contribution is 5.82. The fourth-order valence-electron chi connectivity index (χ4n) is 5.36. The van der Waals surface area contributed by atoms with Gasteiger partial charge in [-0.2, -0.15) is 0 Å². The van der Waals surface area contributed by atoms with Gasteiger partial charge in [0.15, 0.2) is 0 Å². The van der Waals surface area contributed by atoms with E-state index in [-0.39, 0.29) is 35.9 Å². The molecule has 3 fully saturated rings. The third kappa shape index (κ3) is 3.82. The summed E-state index contributed by atoms with van der Waals surface area (Å²) in [5.41, 5.74) is 1.23. The first kappa shape index (κ1) is 19.4. The highest BCUT2D eigenvalue weighted by Gasteiger charge is 2.49. The van der Waals surface area contributed by atoms with Crippen LogP contribution in [0.5, 0.6) is 0 Å². The number of ether oxygens (including phenoxy) is 1. The van der Waals surface area contributed by atoms with E-state index in [2.05, 4.69) is 34.1 Å². The second kappa shape index (κ2) is 8.64. The third-order valence-corrected chi connectivity index (χ3v) is 6.73. The lowest BCUT2D eigenvalue weighted by Gasteiger charge is -2.39. The minimum atomic E-state index is -0.305. The molecular formula is C23H32N2O3. The lowest BCUT2D eigenvalue weighted by Crippen LogP contribution is -2.52. The zero-order chi connectivity index (χ0) is 19.5. The van der Waals surface area contributed by atoms with Crippen LogP contribution < -0.4 is 0 Å². The molecule has 0 aromatic heterocycles. The van der Waals surface area contributed by atoms with E-state index >= 15 is 0 Å². The number of fused-ring (bicyclic) bond motifs is 1. The van der Waals surface area contributed by atoms with Gasteiger partial charge in [-0.3, -0.25) is 9.59 Å². The van der Waals surface area contributed by atoms with Gasteiger partial charge in [0.1, 0.15) is 6.10 Å². The molecule has 0 saturated carbocycles. The van der Waals surface area contributed by atoms with Gasteiger partial charge >= 0.3 is 0 Å². The van der Waals surface area contributed by atoms with Crippen LogP contribution in [0.3, 0.4) is 0 Å². The molecule has 0 aliphatic carbocycles. The summed E-state index contributed by atoms with van der Waals surface area (Å²) in [4.78, 5) is 30.1. The molecule has 1 unspecified atom stereocenters. The van der Waals surface area contributed by atoms with Crippen LogP contribution in [0.4, 0.5) is 0 Å². The molecule has 3 heterocycles. The summed E-state index contributed by atoms with van der Waals surface area (Å²) in [5.74, 6) is 0.430. The largest absolute Gasteiger partial charge is 0.368 e. The van der Waals surface area contributed by atoms with Crippen LogP contribution in [0.15, 0.2) is 30.3 Å². The van der Waals surface area contributed by atoms with Gasteiger partial charge in [-0.15, -0.1) is 0 Å². The smallest absolute Gasteiger partial charge is 0.252 e. The van der Waals surface area contributed by atoms with E-state index in [0.717, 1.165) is 51.5 Å². The summed E-state index contributed by atoms with van der Waals surface area (Å²) >= 11 is 0. The molecule has 1 aromatic carbocycles. The van der Waals surface area contributed by atoms with Crippen LogP contribution in [0, 0.1) is 0 Å². The maximum Gasteiger partial charge on any atom is 0.252 e. The Kier molecular flexibility index (Phi) is 6.00. The van der Waals surface area contributed by atoms with Crippen molar-refractivity contribution in [3.05, 3.63) is 35.9 Å². The van der Waals surface area contributed by atoms with Crippen molar-refractivity contribution in [3.63, 3.8) is 0 Å². The first-order valence-corrected chi connectivity index (χ1v) is 10.9. The SMILES string of the molecule is CC(=O)N1CCCCC[C@@H]2[C@@H]1[C@H](c1ccccc1)CN2C(=O)C1CCCCO1. The Morgan fingerprint density at radius 2 is 1.75 bits per heavy atom. The molecule has 5 heteroatoms. The Labute approximate surface area is 168 Å². The molecule has 0 radical (unpaired) electrons. The number of likely N-dealkylation sites (tertiary alicyclic amines) is 2. The quantitative estimate of drug-likeness (QED) is 0.786. The van der Waals surface area contributed by atoms with Crippen LogP contribution in [0.1, 0.15) is 63.4 Å². The standard InChI is InChI=1S/C23H32N2O3/c1-17(26)24-14-8-3-6-12-20-22(24)19(18-10-4-2-5-11-18)16-25(20)23(27)21-13-7-9-15-28-21/h2,4-5,10-11,19-22H,3,6-9,12-16H2,1H3/t19-,20+,21?,22-/m0/s1. The molecule has 3 aliphatic heterocycles. The zero-order valence-corrected chi connectivity index (χ0v) is 16.9. The fourth-order valence-corrected chi connectivity index (χ4v) is 5.36. The first-order chi connectivity index (χ1) is 13.7. The molecule has 3 saturated heterocycles. The molecule has 28 heavy (non-hydrogen) atoms. The number of nitrogens with zero attached hydrogens (tertiary/aromatic N) is 2. The molecule has 2 amide bonds. The number of hydrogen-bond donors (Lipinski definition) is 0. The average molecular weight is 385 g/mol. The van der Waals surface area contributed by atoms with Crippen molar-refractivity contribution in [3.8, 4) is 0 Å². The minimum absolute atomic E-state index is 0.0627. The Bertz CT molecular complexity index is 686. The van der Waals surface area contributed by atoms with Crippen molar-refractivity contribution in [2.75, 3.05) is 19.7 Å². The summed E-state index contributed by atoms with van der Waals surface area (Å²) in [6.45, 7) is 3.83. The van der Waals surface area contributed by atoms with Gasteiger partial charge in [0, 0.05) is 32.5 Å². The maximum atomic E-state index is 13.4. The molecule has 3 aliphatic rings. The lowest BCUT2D eigenvalue weighted by molar-refractivity contribution is -0.149. The normalized spacial score (nSPS) is 31.0. The van der Waals surface area contributed by atoms with Crippen LogP contribution in [-0.4, -0.2) is 59.5 Å². The Morgan fingerprint density at radius 1 is 0.964 bits per heavy atom. The van der Waals surface area contributed by atoms with Crippen LogP contribution in [-0.2, 0) is 14.3 Å². The summed E-state index contributed by atoms with van der Waals surface area (Å²) < 4.78 is 5.83. The van der Waals surface area contributed by atoms with E-state index < -0.39 is 0 Å². The molecule has 0 N–H and O–H groups in total. The van der Waals surface area contributed by atoms with E-state index in [0.29, 0.717) is 13.2 Å². The highest BCUT2D eigenvalue weighted by Crippen LogP contribution is 2.40. The summed E-state index contributed by atoms with van der Waals surface area (Å²) in [6, 6.07) is 10.6. The molecule has 1 aromatic rings. The van der Waals surface area contributed by atoms with Crippen molar-refractivity contribution in [1.82, 2.24) is 9.80 Å². The van der Waals surface area contributed by atoms with Gasteiger partial charge in [-0.05, 0) is 37.7 Å². The van der Waals surface area contributed by atoms with Crippen molar-refractivity contribution < 1.29 is 14.3 Å². The van der Waals surface area contributed by atoms with E-state index in [4.69, 9.17) is 4.74 Å². The Morgan fingerprint density at radius 3 is 2.46 bits per heavy atom. The number of carbonyl (C=O) groups excluding carboxylic acids is 2. The topological polar surface area (TPSA) is 49.9 Å². The van der Waals surface area contributed by atoms with Crippen LogP contribution in [0.25, 0.3) is 0 Å². The molecule has 4 rings (SSSR count). The molecular weight excluding hydrogens is 352 g/mol. The molecule has 5 nitrogen and oxygen atoms in total.